The molecule has 1 aliphatic heterocycles. The molecule has 0 bridgehead atoms. The van der Waals surface area contributed by atoms with Gasteiger partial charge in [0.2, 0.25) is 18.6 Å². The minimum atomic E-state index is 0.236. The third-order valence-electron chi connectivity index (χ3n) is 2.49. The largest absolute Gasteiger partial charge is 0.454 e. The number of aromatic nitrogens is 2. The molecule has 0 saturated carbocycles. The Kier molecular flexibility index (Phi) is 3.12. The first kappa shape index (κ1) is 12.0. The predicted octanol–water partition coefficient (Wildman–Crippen LogP) is 2.80. The Morgan fingerprint density at radius 2 is 2.16 bits per heavy atom. The number of nitrogens with zero attached hydrogens (tertiary/aromatic N) is 2. The van der Waals surface area contributed by atoms with Crippen molar-refractivity contribution < 1.29 is 14.2 Å². The number of ether oxygens (including phenoxy) is 3. The highest BCUT2D eigenvalue weighted by Gasteiger charge is 2.15. The molecule has 1 aromatic carbocycles. The maximum Gasteiger partial charge on any atom is 0.238 e. The lowest BCUT2D eigenvalue weighted by atomic mass is 10.3. The highest BCUT2D eigenvalue weighted by atomic mass is 79.9. The van der Waals surface area contributed by atoms with E-state index in [-0.39, 0.29) is 6.79 Å². The number of hydrogen-bond acceptors (Lipinski definition) is 6. The van der Waals surface area contributed by atoms with E-state index >= 15 is 0 Å². The average molecular weight is 324 g/mol. The molecule has 0 fully saturated rings. The fraction of sp³-hybridized carbons (Fsp3) is 0.167. The molecule has 1 aliphatic rings. The zero-order valence-electron chi connectivity index (χ0n) is 10.0. The van der Waals surface area contributed by atoms with Crippen LogP contribution < -0.4 is 19.5 Å². The zero-order valence-corrected chi connectivity index (χ0v) is 11.6. The van der Waals surface area contributed by atoms with Crippen LogP contribution in [0.3, 0.4) is 0 Å². The number of anilines is 1. The van der Waals surface area contributed by atoms with Crippen molar-refractivity contribution in [2.75, 3.05) is 19.2 Å². The summed E-state index contributed by atoms with van der Waals surface area (Å²) in [5, 5.41) is 2.85. The van der Waals surface area contributed by atoms with E-state index in [0.717, 1.165) is 0 Å². The summed E-state index contributed by atoms with van der Waals surface area (Å²) in [6.45, 7) is 0.236. The van der Waals surface area contributed by atoms with Crippen molar-refractivity contribution in [1.29, 1.82) is 0 Å². The van der Waals surface area contributed by atoms with E-state index < -0.39 is 0 Å². The van der Waals surface area contributed by atoms with Gasteiger partial charge in [-0.05, 0) is 28.1 Å². The Hall–Kier alpha value is -2.02. The summed E-state index contributed by atoms with van der Waals surface area (Å²) < 4.78 is 16.9. The zero-order chi connectivity index (χ0) is 13.2. The molecular formula is C12H10BrN3O3. The van der Waals surface area contributed by atoms with Crippen molar-refractivity contribution in [2.45, 2.75) is 0 Å². The van der Waals surface area contributed by atoms with Crippen LogP contribution in [0.15, 0.2) is 28.9 Å². The van der Waals surface area contributed by atoms with Crippen molar-refractivity contribution in [3.63, 3.8) is 0 Å². The Bertz CT molecular complexity index is 621. The van der Waals surface area contributed by atoms with E-state index in [1.165, 1.54) is 0 Å². The molecular weight excluding hydrogens is 314 g/mol. The lowest BCUT2D eigenvalue weighted by Gasteiger charge is -2.08. The third kappa shape index (κ3) is 2.41. The molecule has 6 nitrogen and oxygen atoms in total. The third-order valence-corrected chi connectivity index (χ3v) is 3.04. The molecule has 0 amide bonds. The first-order valence-electron chi connectivity index (χ1n) is 5.54. The Balaban J connectivity index is 1.88. The summed E-state index contributed by atoms with van der Waals surface area (Å²) in [4.78, 5) is 8.28. The minimum absolute atomic E-state index is 0.236. The van der Waals surface area contributed by atoms with Gasteiger partial charge in [-0.1, -0.05) is 0 Å². The van der Waals surface area contributed by atoms with Crippen molar-refractivity contribution >= 4 is 21.9 Å². The number of halogens is 1. The SMILES string of the molecule is CNc1ncc(Br)c(Oc2ccc3c(c2)OCO3)n1. The van der Waals surface area contributed by atoms with Gasteiger partial charge in [-0.3, -0.25) is 0 Å². The van der Waals surface area contributed by atoms with Crippen LogP contribution in [0.5, 0.6) is 23.1 Å². The molecule has 0 spiro atoms. The van der Waals surface area contributed by atoms with Gasteiger partial charge in [-0.2, -0.15) is 4.98 Å². The molecule has 0 aliphatic carbocycles. The van der Waals surface area contributed by atoms with Crippen LogP contribution in [0.4, 0.5) is 5.95 Å². The standard InChI is InChI=1S/C12H10BrN3O3/c1-14-12-15-5-8(13)11(16-12)19-7-2-3-9-10(4-7)18-6-17-9/h2-5H,6H2,1H3,(H,14,15,16). The van der Waals surface area contributed by atoms with Crippen LogP contribution in [0.25, 0.3) is 0 Å². The molecule has 19 heavy (non-hydrogen) atoms. The first-order valence-corrected chi connectivity index (χ1v) is 6.33. The van der Waals surface area contributed by atoms with Crippen LogP contribution in [-0.2, 0) is 0 Å². The van der Waals surface area contributed by atoms with Crippen LogP contribution in [0.2, 0.25) is 0 Å². The van der Waals surface area contributed by atoms with Crippen LogP contribution >= 0.6 is 15.9 Å². The number of rotatable bonds is 3. The van der Waals surface area contributed by atoms with Gasteiger partial charge >= 0.3 is 0 Å². The fourth-order valence-corrected chi connectivity index (χ4v) is 1.87. The highest BCUT2D eigenvalue weighted by Crippen LogP contribution is 2.37. The molecule has 98 valence electrons. The number of hydrogen-bond donors (Lipinski definition) is 1. The smallest absolute Gasteiger partial charge is 0.238 e. The molecule has 0 saturated heterocycles. The van der Waals surface area contributed by atoms with E-state index in [2.05, 4.69) is 31.2 Å². The monoisotopic (exact) mass is 323 g/mol. The van der Waals surface area contributed by atoms with Gasteiger partial charge < -0.3 is 19.5 Å². The maximum atomic E-state index is 5.70. The van der Waals surface area contributed by atoms with E-state index in [1.807, 2.05) is 0 Å². The molecule has 7 heteroatoms. The number of benzene rings is 1. The summed E-state index contributed by atoms with van der Waals surface area (Å²) in [7, 11) is 1.74. The predicted molar refractivity (Wildman–Crippen MR) is 71.9 cm³/mol. The Labute approximate surface area is 117 Å². The molecule has 1 N–H and O–H groups in total. The fourth-order valence-electron chi connectivity index (χ4n) is 1.60. The van der Waals surface area contributed by atoms with Gasteiger partial charge in [0.1, 0.15) is 5.75 Å². The van der Waals surface area contributed by atoms with E-state index in [9.17, 15) is 0 Å². The molecule has 2 heterocycles. The van der Waals surface area contributed by atoms with E-state index in [4.69, 9.17) is 14.2 Å². The second kappa shape index (κ2) is 4.93. The molecule has 0 atom stereocenters. The lowest BCUT2D eigenvalue weighted by Crippen LogP contribution is -1.98. The second-order valence-corrected chi connectivity index (χ2v) is 4.57. The van der Waals surface area contributed by atoms with Crippen LogP contribution in [-0.4, -0.2) is 23.8 Å². The molecule has 3 rings (SSSR count). The topological polar surface area (TPSA) is 65.5 Å². The van der Waals surface area contributed by atoms with Gasteiger partial charge in [0, 0.05) is 13.1 Å². The van der Waals surface area contributed by atoms with E-state index in [0.29, 0.717) is 33.5 Å². The Morgan fingerprint density at radius 3 is 3.00 bits per heavy atom. The summed E-state index contributed by atoms with van der Waals surface area (Å²) in [6.07, 6.45) is 1.63. The molecule has 0 radical (unpaired) electrons. The Morgan fingerprint density at radius 1 is 1.32 bits per heavy atom. The van der Waals surface area contributed by atoms with Gasteiger partial charge in [0.15, 0.2) is 11.5 Å². The maximum absolute atomic E-state index is 5.70. The van der Waals surface area contributed by atoms with Crippen molar-refractivity contribution in [3.8, 4) is 23.1 Å². The summed E-state index contributed by atoms with van der Waals surface area (Å²) in [5.74, 6) is 2.91. The van der Waals surface area contributed by atoms with E-state index in [1.54, 1.807) is 31.4 Å². The van der Waals surface area contributed by atoms with Gasteiger partial charge in [0.05, 0.1) is 10.7 Å². The summed E-state index contributed by atoms with van der Waals surface area (Å²) in [6, 6.07) is 5.35. The van der Waals surface area contributed by atoms with Crippen LogP contribution in [0, 0.1) is 0 Å². The second-order valence-electron chi connectivity index (χ2n) is 3.71. The normalized spacial score (nSPS) is 12.3. The molecule has 2 aromatic rings. The quantitative estimate of drug-likeness (QED) is 0.936. The van der Waals surface area contributed by atoms with Gasteiger partial charge in [-0.15, -0.1) is 0 Å². The van der Waals surface area contributed by atoms with Crippen molar-refractivity contribution in [1.82, 2.24) is 9.97 Å². The van der Waals surface area contributed by atoms with Crippen molar-refractivity contribution in [2.24, 2.45) is 0 Å². The molecule has 1 aromatic heterocycles. The highest BCUT2D eigenvalue weighted by molar-refractivity contribution is 9.10. The minimum Gasteiger partial charge on any atom is -0.454 e. The van der Waals surface area contributed by atoms with Crippen LogP contribution in [0.1, 0.15) is 0 Å². The number of fused-ring (bicyclic) bond motifs is 1. The lowest BCUT2D eigenvalue weighted by molar-refractivity contribution is 0.174. The summed E-state index contributed by atoms with van der Waals surface area (Å²) in [5.41, 5.74) is 0. The molecule has 0 unspecified atom stereocenters. The number of nitrogens with one attached hydrogen (secondary N) is 1. The van der Waals surface area contributed by atoms with Crippen molar-refractivity contribution in [3.05, 3.63) is 28.9 Å². The van der Waals surface area contributed by atoms with Gasteiger partial charge in [0.25, 0.3) is 0 Å². The van der Waals surface area contributed by atoms with Gasteiger partial charge in [-0.25, -0.2) is 4.98 Å². The first-order chi connectivity index (χ1) is 9.26. The average Bonchev–Trinajstić information content (AvgIpc) is 2.89. The summed E-state index contributed by atoms with van der Waals surface area (Å²) >= 11 is 3.35.